The smallest absolute Gasteiger partial charge is 0.488 e. The van der Waals surface area contributed by atoms with Gasteiger partial charge in [-0.05, 0) is 6.42 Å². The highest BCUT2D eigenvalue weighted by Gasteiger charge is 2.28. The summed E-state index contributed by atoms with van der Waals surface area (Å²) in [6.07, 6.45) is -0.575. The Morgan fingerprint density at radius 3 is 2.75 bits per heavy atom. The standard InChI is InChI=1S/C9H13F3N2O2/c1-2-3-14-7-8(6-13-14)15-4-5-16-9(10,11)12/h6-7H,2-5H2,1H3. The van der Waals surface area contributed by atoms with E-state index in [9.17, 15) is 13.2 Å². The summed E-state index contributed by atoms with van der Waals surface area (Å²) in [5.41, 5.74) is 0. The summed E-state index contributed by atoms with van der Waals surface area (Å²) in [5, 5.41) is 3.96. The summed E-state index contributed by atoms with van der Waals surface area (Å²) in [4.78, 5) is 0. The molecule has 0 N–H and O–H groups in total. The molecule has 0 aromatic carbocycles. The highest BCUT2D eigenvalue weighted by molar-refractivity contribution is 5.11. The lowest BCUT2D eigenvalue weighted by molar-refractivity contribution is -0.325. The molecule has 0 bridgehead atoms. The molecule has 1 aromatic heterocycles. The van der Waals surface area contributed by atoms with E-state index in [0.29, 0.717) is 5.75 Å². The van der Waals surface area contributed by atoms with Crippen LogP contribution in [-0.2, 0) is 11.3 Å². The molecule has 1 aromatic rings. The van der Waals surface area contributed by atoms with Crippen LogP contribution in [0.3, 0.4) is 0 Å². The van der Waals surface area contributed by atoms with Crippen molar-refractivity contribution in [2.45, 2.75) is 26.3 Å². The van der Waals surface area contributed by atoms with Crippen LogP contribution in [0.1, 0.15) is 13.3 Å². The number of nitrogens with zero attached hydrogens (tertiary/aromatic N) is 2. The van der Waals surface area contributed by atoms with Crippen molar-refractivity contribution in [1.82, 2.24) is 9.78 Å². The number of ether oxygens (including phenoxy) is 2. The minimum Gasteiger partial charge on any atom is -0.488 e. The Balaban J connectivity index is 2.21. The van der Waals surface area contributed by atoms with E-state index in [4.69, 9.17) is 4.74 Å². The van der Waals surface area contributed by atoms with Crippen LogP contribution < -0.4 is 4.74 Å². The minimum absolute atomic E-state index is 0.155. The predicted octanol–water partition coefficient (Wildman–Crippen LogP) is 2.21. The molecule has 0 radical (unpaired) electrons. The zero-order valence-electron chi connectivity index (χ0n) is 8.83. The maximum Gasteiger partial charge on any atom is 0.522 e. The molecule has 0 aliphatic carbocycles. The van der Waals surface area contributed by atoms with Crippen LogP contribution >= 0.6 is 0 Å². The third-order valence-electron chi connectivity index (χ3n) is 1.68. The van der Waals surface area contributed by atoms with Crippen molar-refractivity contribution < 1.29 is 22.6 Å². The van der Waals surface area contributed by atoms with Gasteiger partial charge in [0.05, 0.1) is 19.0 Å². The van der Waals surface area contributed by atoms with Crippen LogP contribution in [-0.4, -0.2) is 29.4 Å². The molecule has 92 valence electrons. The molecule has 0 spiro atoms. The van der Waals surface area contributed by atoms with Crippen LogP contribution in [0.15, 0.2) is 12.4 Å². The number of hydrogen-bond donors (Lipinski definition) is 0. The highest BCUT2D eigenvalue weighted by atomic mass is 19.4. The van der Waals surface area contributed by atoms with Crippen LogP contribution in [0.2, 0.25) is 0 Å². The summed E-state index contributed by atoms with van der Waals surface area (Å²) in [5.74, 6) is 0.444. The average molecular weight is 238 g/mol. The quantitative estimate of drug-likeness (QED) is 0.713. The van der Waals surface area contributed by atoms with Gasteiger partial charge in [-0.1, -0.05) is 6.92 Å². The van der Waals surface area contributed by atoms with Crippen LogP contribution in [0.25, 0.3) is 0 Å². The van der Waals surface area contributed by atoms with Crippen molar-refractivity contribution in [1.29, 1.82) is 0 Å². The predicted molar refractivity (Wildman–Crippen MR) is 50.0 cm³/mol. The van der Waals surface area contributed by atoms with E-state index in [1.54, 1.807) is 10.9 Å². The molecule has 0 amide bonds. The molecule has 0 unspecified atom stereocenters. The van der Waals surface area contributed by atoms with Crippen molar-refractivity contribution in [2.24, 2.45) is 0 Å². The molecule has 16 heavy (non-hydrogen) atoms. The second-order valence-electron chi connectivity index (χ2n) is 3.08. The molecule has 0 aliphatic heterocycles. The monoisotopic (exact) mass is 238 g/mol. The second kappa shape index (κ2) is 5.74. The Morgan fingerprint density at radius 2 is 2.12 bits per heavy atom. The van der Waals surface area contributed by atoms with E-state index in [1.807, 2.05) is 6.92 Å². The molecule has 4 nitrogen and oxygen atoms in total. The molecular weight excluding hydrogens is 225 g/mol. The summed E-state index contributed by atoms with van der Waals surface area (Å²) < 4.78 is 45.0. The van der Waals surface area contributed by atoms with Crippen molar-refractivity contribution in [3.8, 4) is 5.75 Å². The van der Waals surface area contributed by atoms with Gasteiger partial charge in [-0.15, -0.1) is 13.2 Å². The van der Waals surface area contributed by atoms with E-state index in [-0.39, 0.29) is 6.61 Å². The lowest BCUT2D eigenvalue weighted by atomic mass is 10.5. The van der Waals surface area contributed by atoms with Gasteiger partial charge in [0, 0.05) is 6.54 Å². The minimum atomic E-state index is -4.60. The first-order chi connectivity index (χ1) is 7.51. The van der Waals surface area contributed by atoms with Crippen molar-refractivity contribution in [3.05, 3.63) is 12.4 Å². The summed E-state index contributed by atoms with van der Waals surface area (Å²) in [6, 6.07) is 0. The number of alkyl halides is 3. The molecule has 0 atom stereocenters. The Morgan fingerprint density at radius 1 is 1.38 bits per heavy atom. The van der Waals surface area contributed by atoms with Gasteiger partial charge >= 0.3 is 6.36 Å². The van der Waals surface area contributed by atoms with Crippen molar-refractivity contribution in [2.75, 3.05) is 13.2 Å². The first-order valence-electron chi connectivity index (χ1n) is 4.87. The number of halogens is 3. The second-order valence-corrected chi connectivity index (χ2v) is 3.08. The van der Waals surface area contributed by atoms with E-state index >= 15 is 0 Å². The zero-order chi connectivity index (χ0) is 12.0. The van der Waals surface area contributed by atoms with Crippen molar-refractivity contribution >= 4 is 0 Å². The van der Waals surface area contributed by atoms with Gasteiger partial charge in [0.15, 0.2) is 5.75 Å². The van der Waals surface area contributed by atoms with Gasteiger partial charge in [0.2, 0.25) is 0 Å². The lowest BCUT2D eigenvalue weighted by Gasteiger charge is -2.07. The van der Waals surface area contributed by atoms with Gasteiger partial charge in [0.1, 0.15) is 6.61 Å². The highest BCUT2D eigenvalue weighted by Crippen LogP contribution is 2.16. The van der Waals surface area contributed by atoms with E-state index < -0.39 is 13.0 Å². The average Bonchev–Trinajstić information content (AvgIpc) is 2.60. The maximum absolute atomic E-state index is 11.6. The first-order valence-corrected chi connectivity index (χ1v) is 4.87. The van der Waals surface area contributed by atoms with Gasteiger partial charge < -0.3 is 4.74 Å². The van der Waals surface area contributed by atoms with Gasteiger partial charge in [0.25, 0.3) is 0 Å². The van der Waals surface area contributed by atoms with E-state index in [2.05, 4.69) is 9.84 Å². The Labute approximate surface area is 91.0 Å². The largest absolute Gasteiger partial charge is 0.522 e. The normalized spacial score (nSPS) is 11.8. The maximum atomic E-state index is 11.6. The summed E-state index contributed by atoms with van der Waals surface area (Å²) in [7, 11) is 0. The van der Waals surface area contributed by atoms with Gasteiger partial charge in [-0.3, -0.25) is 9.42 Å². The van der Waals surface area contributed by atoms with Gasteiger partial charge in [-0.25, -0.2) is 0 Å². The fourth-order valence-electron chi connectivity index (χ4n) is 1.09. The van der Waals surface area contributed by atoms with Crippen LogP contribution in [0.4, 0.5) is 13.2 Å². The topological polar surface area (TPSA) is 36.3 Å². The fraction of sp³-hybridized carbons (Fsp3) is 0.667. The Hall–Kier alpha value is -1.24. The molecule has 0 saturated carbocycles. The molecule has 1 heterocycles. The third-order valence-corrected chi connectivity index (χ3v) is 1.68. The van der Waals surface area contributed by atoms with Gasteiger partial charge in [-0.2, -0.15) is 5.10 Å². The Kier molecular flexibility index (Phi) is 4.60. The number of aromatic nitrogens is 2. The summed E-state index contributed by atoms with van der Waals surface area (Å²) in [6.45, 7) is 2.07. The number of rotatable bonds is 6. The van der Waals surface area contributed by atoms with E-state index in [1.165, 1.54) is 6.20 Å². The molecule has 0 aliphatic rings. The number of hydrogen-bond acceptors (Lipinski definition) is 3. The summed E-state index contributed by atoms with van der Waals surface area (Å²) >= 11 is 0. The third kappa shape index (κ3) is 5.01. The molecule has 0 saturated heterocycles. The SMILES string of the molecule is CCCn1cc(OCCOC(F)(F)F)cn1. The Bertz CT molecular complexity index is 312. The molecule has 1 rings (SSSR count). The van der Waals surface area contributed by atoms with Crippen molar-refractivity contribution in [3.63, 3.8) is 0 Å². The molecular formula is C9H13F3N2O2. The molecule has 0 fully saturated rings. The first kappa shape index (κ1) is 12.8. The number of aryl methyl sites for hydroxylation is 1. The zero-order valence-corrected chi connectivity index (χ0v) is 8.83. The molecule has 7 heteroatoms. The van der Waals surface area contributed by atoms with E-state index in [0.717, 1.165) is 13.0 Å². The van der Waals surface area contributed by atoms with Crippen LogP contribution in [0, 0.1) is 0 Å². The lowest BCUT2D eigenvalue weighted by Crippen LogP contribution is -2.18. The fourth-order valence-corrected chi connectivity index (χ4v) is 1.09. The van der Waals surface area contributed by atoms with Crippen LogP contribution in [0.5, 0.6) is 5.75 Å².